The van der Waals surface area contributed by atoms with E-state index in [0.717, 1.165) is 49.3 Å². The zero-order chi connectivity index (χ0) is 30.5. The molecular weight excluding hydrogens is 570 g/mol. The van der Waals surface area contributed by atoms with Crippen molar-refractivity contribution in [2.24, 2.45) is 0 Å². The SMILES string of the molecule is Cc1cc(/C=C2/C(=O)N(C)c3ccc(S(=O)(=O)N4CCOCC4)cc32)c(C)n1-c1ccc(N2CCCCC2)c([N+](=O)[O-])c1. The van der Waals surface area contributed by atoms with Crippen LogP contribution in [0.2, 0.25) is 0 Å². The van der Waals surface area contributed by atoms with Crippen LogP contribution < -0.4 is 9.80 Å². The van der Waals surface area contributed by atoms with E-state index in [1.807, 2.05) is 36.6 Å². The van der Waals surface area contributed by atoms with Gasteiger partial charge in [0, 0.05) is 61.8 Å². The average Bonchev–Trinajstić information content (AvgIpc) is 3.43. The van der Waals surface area contributed by atoms with Gasteiger partial charge in [-0.25, -0.2) is 8.42 Å². The molecule has 2 aromatic carbocycles. The summed E-state index contributed by atoms with van der Waals surface area (Å²) in [7, 11) is -2.08. The first-order valence-electron chi connectivity index (χ1n) is 14.5. The normalized spacial score (nSPS) is 18.9. The monoisotopic (exact) mass is 605 g/mol. The lowest BCUT2D eigenvalue weighted by molar-refractivity contribution is -0.384. The van der Waals surface area contributed by atoms with Crippen LogP contribution in [0.3, 0.4) is 0 Å². The van der Waals surface area contributed by atoms with E-state index in [2.05, 4.69) is 4.90 Å². The molecule has 226 valence electrons. The third-order valence-electron chi connectivity index (χ3n) is 8.64. The topological polar surface area (TPSA) is 118 Å². The van der Waals surface area contributed by atoms with Crippen LogP contribution >= 0.6 is 0 Å². The van der Waals surface area contributed by atoms with Crippen molar-refractivity contribution < 1.29 is 22.9 Å². The minimum atomic E-state index is -3.75. The van der Waals surface area contributed by atoms with Crippen molar-refractivity contribution in [3.05, 3.63) is 75.1 Å². The molecule has 0 unspecified atom stereocenters. The Balaban J connectivity index is 1.39. The molecule has 11 nitrogen and oxygen atoms in total. The third kappa shape index (κ3) is 5.13. The summed E-state index contributed by atoms with van der Waals surface area (Å²) < 4.78 is 35.4. The highest BCUT2D eigenvalue weighted by atomic mass is 32.2. The molecule has 12 heteroatoms. The van der Waals surface area contributed by atoms with Crippen LogP contribution in [0.5, 0.6) is 0 Å². The van der Waals surface area contributed by atoms with Crippen LogP contribution in [0.25, 0.3) is 17.3 Å². The number of amides is 1. The highest BCUT2D eigenvalue weighted by Crippen LogP contribution is 2.40. The lowest BCUT2D eigenvalue weighted by Gasteiger charge is -2.28. The second-order valence-corrected chi connectivity index (χ2v) is 13.2. The maximum Gasteiger partial charge on any atom is 0.294 e. The van der Waals surface area contributed by atoms with E-state index in [9.17, 15) is 23.3 Å². The molecule has 1 amide bonds. The van der Waals surface area contributed by atoms with Crippen LogP contribution in [0.1, 0.15) is 41.8 Å². The number of likely N-dealkylation sites (N-methyl/N-ethyl adjacent to an activating group) is 1. The number of aryl methyl sites for hydroxylation is 1. The van der Waals surface area contributed by atoms with Crippen molar-refractivity contribution in [2.45, 2.75) is 38.0 Å². The standard InChI is InChI=1S/C31H35N5O6S/c1-21-17-23(22(2)35(21)24-7-9-29(30(19-24)36(38)39)33-11-5-4-6-12-33)18-27-26-20-25(8-10-28(26)32(3)31(27)37)43(40,41)34-13-15-42-16-14-34/h7-10,17-20H,4-6,11-16H2,1-3H3/b27-18+. The van der Waals surface area contributed by atoms with Crippen LogP contribution in [-0.4, -0.2) is 74.6 Å². The van der Waals surface area contributed by atoms with Crippen molar-refractivity contribution in [3.63, 3.8) is 0 Å². The number of carbonyl (C=O) groups excluding carboxylic acids is 1. The molecule has 3 aromatic rings. The molecule has 3 aliphatic rings. The fourth-order valence-corrected chi connectivity index (χ4v) is 7.79. The maximum absolute atomic E-state index is 13.4. The van der Waals surface area contributed by atoms with Gasteiger partial charge in [-0.05, 0) is 81.1 Å². The molecule has 1 aromatic heterocycles. The Bertz CT molecular complexity index is 1750. The summed E-state index contributed by atoms with van der Waals surface area (Å²) in [4.78, 5) is 28.9. The summed E-state index contributed by atoms with van der Waals surface area (Å²) in [5, 5.41) is 12.1. The number of aromatic nitrogens is 1. The van der Waals surface area contributed by atoms with Gasteiger partial charge >= 0.3 is 0 Å². The first kappa shape index (κ1) is 29.1. The molecule has 0 atom stereocenters. The van der Waals surface area contributed by atoms with Gasteiger partial charge < -0.3 is 19.1 Å². The van der Waals surface area contributed by atoms with Gasteiger partial charge in [0.1, 0.15) is 5.69 Å². The molecular formula is C31H35N5O6S. The van der Waals surface area contributed by atoms with Crippen LogP contribution in [0.15, 0.2) is 47.4 Å². The van der Waals surface area contributed by atoms with Crippen LogP contribution in [-0.2, 0) is 19.6 Å². The summed E-state index contributed by atoms with van der Waals surface area (Å²) in [5.74, 6) is -0.234. The number of morpholine rings is 1. The van der Waals surface area contributed by atoms with Gasteiger partial charge in [0.15, 0.2) is 0 Å². The van der Waals surface area contributed by atoms with Gasteiger partial charge in [-0.3, -0.25) is 14.9 Å². The number of hydrogen-bond donors (Lipinski definition) is 0. The number of hydrogen-bond acceptors (Lipinski definition) is 7. The van der Waals surface area contributed by atoms with Gasteiger partial charge in [-0.2, -0.15) is 4.31 Å². The quantitative estimate of drug-likeness (QED) is 0.230. The zero-order valence-corrected chi connectivity index (χ0v) is 25.4. The molecule has 2 fully saturated rings. The molecule has 3 aliphatic heterocycles. The van der Waals surface area contributed by atoms with Crippen molar-refractivity contribution in [1.29, 1.82) is 0 Å². The Labute approximate surface area is 251 Å². The van der Waals surface area contributed by atoms with Crippen molar-refractivity contribution in [2.75, 3.05) is 56.2 Å². The lowest BCUT2D eigenvalue weighted by Crippen LogP contribution is -2.40. The van der Waals surface area contributed by atoms with Crippen molar-refractivity contribution >= 4 is 44.6 Å². The first-order chi connectivity index (χ1) is 20.6. The number of nitro groups is 1. The minimum absolute atomic E-state index is 0.0716. The molecule has 0 bridgehead atoms. The van der Waals surface area contributed by atoms with E-state index in [1.165, 1.54) is 9.21 Å². The highest BCUT2D eigenvalue weighted by Gasteiger charge is 2.34. The second kappa shape index (κ2) is 11.3. The number of piperidine rings is 1. The Morgan fingerprint density at radius 2 is 1.63 bits per heavy atom. The number of anilines is 2. The molecule has 0 radical (unpaired) electrons. The summed E-state index contributed by atoms with van der Waals surface area (Å²) in [5.41, 5.74) is 5.39. The third-order valence-corrected chi connectivity index (χ3v) is 10.5. The Kier molecular flexibility index (Phi) is 7.61. The number of carbonyl (C=O) groups is 1. The van der Waals surface area contributed by atoms with Crippen molar-refractivity contribution in [1.82, 2.24) is 8.87 Å². The smallest absolute Gasteiger partial charge is 0.294 e. The molecule has 4 heterocycles. The number of fused-ring (bicyclic) bond motifs is 1. The number of nitrogens with zero attached hydrogens (tertiary/aromatic N) is 5. The van der Waals surface area contributed by atoms with Crippen molar-refractivity contribution in [3.8, 4) is 5.69 Å². The second-order valence-electron chi connectivity index (χ2n) is 11.3. The number of rotatable bonds is 6. The molecule has 6 rings (SSSR count). The van der Waals surface area contributed by atoms with Gasteiger partial charge in [0.2, 0.25) is 10.0 Å². The maximum atomic E-state index is 13.4. The fourth-order valence-electron chi connectivity index (χ4n) is 6.35. The van der Waals surface area contributed by atoms with E-state index in [0.29, 0.717) is 41.4 Å². The minimum Gasteiger partial charge on any atom is -0.379 e. The molecule has 0 N–H and O–H groups in total. The van der Waals surface area contributed by atoms with E-state index in [4.69, 9.17) is 4.74 Å². The van der Waals surface area contributed by atoms with Gasteiger partial charge in [0.25, 0.3) is 11.6 Å². The van der Waals surface area contributed by atoms with E-state index in [-0.39, 0.29) is 34.5 Å². The number of ether oxygens (including phenoxy) is 1. The van der Waals surface area contributed by atoms with E-state index >= 15 is 0 Å². The Morgan fingerprint density at radius 1 is 0.930 bits per heavy atom. The van der Waals surface area contributed by atoms with Gasteiger partial charge in [-0.15, -0.1) is 0 Å². The summed E-state index contributed by atoms with van der Waals surface area (Å²) in [6.07, 6.45) is 4.95. The molecule has 0 saturated carbocycles. The summed E-state index contributed by atoms with van der Waals surface area (Å²) in [6.45, 7) is 6.69. The molecule has 43 heavy (non-hydrogen) atoms. The fraction of sp³-hybridized carbons (Fsp3) is 0.387. The van der Waals surface area contributed by atoms with Crippen LogP contribution in [0, 0.1) is 24.0 Å². The number of benzene rings is 2. The largest absolute Gasteiger partial charge is 0.379 e. The average molecular weight is 606 g/mol. The lowest BCUT2D eigenvalue weighted by atomic mass is 10.0. The van der Waals surface area contributed by atoms with E-state index < -0.39 is 10.0 Å². The summed E-state index contributed by atoms with van der Waals surface area (Å²) in [6, 6.07) is 12.1. The molecule has 0 spiro atoms. The predicted octanol–water partition coefficient (Wildman–Crippen LogP) is 4.53. The summed E-state index contributed by atoms with van der Waals surface area (Å²) >= 11 is 0. The first-order valence-corrected chi connectivity index (χ1v) is 16.0. The number of sulfonamides is 1. The Hall–Kier alpha value is -4.00. The predicted molar refractivity (Wildman–Crippen MR) is 165 cm³/mol. The van der Waals surface area contributed by atoms with Gasteiger partial charge in [0.05, 0.1) is 34.4 Å². The van der Waals surface area contributed by atoms with E-state index in [1.54, 1.807) is 37.4 Å². The number of nitro benzene ring substituents is 1. The highest BCUT2D eigenvalue weighted by molar-refractivity contribution is 7.89. The van der Waals surface area contributed by atoms with Gasteiger partial charge in [-0.1, -0.05) is 0 Å². The van der Waals surface area contributed by atoms with Crippen LogP contribution in [0.4, 0.5) is 17.1 Å². The zero-order valence-electron chi connectivity index (χ0n) is 24.6. The Morgan fingerprint density at radius 3 is 2.33 bits per heavy atom. The molecule has 0 aliphatic carbocycles. The molecule has 2 saturated heterocycles.